The molecule has 2 fully saturated rings. The van der Waals surface area contributed by atoms with Crippen LogP contribution < -0.4 is 10.2 Å². The van der Waals surface area contributed by atoms with Gasteiger partial charge >= 0.3 is 12.1 Å². The third-order valence-electron chi connectivity index (χ3n) is 10.1. The van der Waals surface area contributed by atoms with Crippen molar-refractivity contribution < 1.29 is 36.9 Å². The van der Waals surface area contributed by atoms with Crippen molar-refractivity contribution in [3.63, 3.8) is 0 Å². The number of ether oxygens (including phenoxy) is 2. The fraction of sp³-hybridized carbons (Fsp3) is 0.342. The predicted octanol–water partition coefficient (Wildman–Crippen LogP) is 5.31. The number of alkyl halides is 3. The van der Waals surface area contributed by atoms with Crippen LogP contribution in [0, 0.1) is 5.82 Å². The van der Waals surface area contributed by atoms with Crippen molar-refractivity contribution in [3.8, 4) is 0 Å². The topological polar surface area (TPSA) is 158 Å². The minimum atomic E-state index is -5.35. The summed E-state index contributed by atoms with van der Waals surface area (Å²) in [6, 6.07) is 26.3. The van der Waals surface area contributed by atoms with E-state index in [1.165, 1.54) is 27.8 Å². The molecule has 0 unspecified atom stereocenters. The number of aliphatic hydroxyl groups is 1. The van der Waals surface area contributed by atoms with E-state index in [0.29, 0.717) is 36.9 Å². The molecule has 0 aliphatic carbocycles. The average molecular weight is 773 g/mol. The summed E-state index contributed by atoms with van der Waals surface area (Å²) < 4.78 is 66.3. The Hall–Kier alpha value is -6.01. The molecule has 3 aromatic carbocycles. The lowest BCUT2D eigenvalue weighted by Crippen LogP contribution is -2.38. The summed E-state index contributed by atoms with van der Waals surface area (Å²) in [7, 11) is 0. The number of rotatable bonds is 11. The Labute approximate surface area is 317 Å². The summed E-state index contributed by atoms with van der Waals surface area (Å²) in [5.74, 6) is -2.39. The highest BCUT2D eigenvalue weighted by Crippen LogP contribution is 2.42. The number of nitrogens with zero attached hydrogens (tertiary/aromatic N) is 9. The Morgan fingerprint density at radius 1 is 1.02 bits per heavy atom. The van der Waals surface area contributed by atoms with E-state index in [1.807, 2.05) is 65.6 Å². The first-order valence-electron chi connectivity index (χ1n) is 18.0. The van der Waals surface area contributed by atoms with Gasteiger partial charge in [-0.05, 0) is 47.4 Å². The van der Waals surface area contributed by atoms with Crippen LogP contribution in [0.25, 0.3) is 11.2 Å². The molecule has 2 aliphatic heterocycles. The highest BCUT2D eigenvalue weighted by molar-refractivity contribution is 5.84. The Kier molecular flexibility index (Phi) is 10.1. The molecule has 0 saturated carbocycles. The fourth-order valence-electron chi connectivity index (χ4n) is 7.22. The smallest absolute Gasteiger partial charge is 0.449 e. The van der Waals surface area contributed by atoms with Crippen LogP contribution in [0.3, 0.4) is 0 Å². The van der Waals surface area contributed by atoms with E-state index in [1.54, 1.807) is 19.1 Å². The first-order valence-corrected chi connectivity index (χ1v) is 18.0. The van der Waals surface area contributed by atoms with Crippen LogP contribution in [0.5, 0.6) is 0 Å². The molecule has 2 saturated heterocycles. The van der Waals surface area contributed by atoms with Gasteiger partial charge in [0.05, 0.1) is 12.9 Å². The molecular formula is C38H36F4N10O4. The molecular weight excluding hydrogens is 736 g/mol. The number of fused-ring (bicyclic) bond motifs is 1. The number of benzene rings is 3. The summed E-state index contributed by atoms with van der Waals surface area (Å²) in [5.41, 5.74) is 3.57. The molecule has 2 aliphatic rings. The lowest BCUT2D eigenvalue weighted by Gasteiger charge is -2.22. The van der Waals surface area contributed by atoms with E-state index < -0.39 is 36.7 Å². The number of aromatic nitrogens is 8. The van der Waals surface area contributed by atoms with Crippen molar-refractivity contribution in [2.45, 2.75) is 62.4 Å². The van der Waals surface area contributed by atoms with Gasteiger partial charge in [0.15, 0.2) is 35.4 Å². The van der Waals surface area contributed by atoms with Gasteiger partial charge in [0.25, 0.3) is 0 Å². The zero-order chi connectivity index (χ0) is 39.0. The van der Waals surface area contributed by atoms with Gasteiger partial charge in [0.2, 0.25) is 11.8 Å². The maximum Gasteiger partial charge on any atom is 0.490 e. The fourth-order valence-corrected chi connectivity index (χ4v) is 7.22. The normalized spacial score (nSPS) is 21.3. The molecule has 3 aromatic heterocycles. The average Bonchev–Trinajstić information content (AvgIpc) is 4.03. The van der Waals surface area contributed by atoms with Crippen molar-refractivity contribution in [2.75, 3.05) is 29.9 Å². The lowest BCUT2D eigenvalue weighted by molar-refractivity contribution is -0.210. The van der Waals surface area contributed by atoms with Crippen LogP contribution in [0.15, 0.2) is 91.3 Å². The second-order valence-corrected chi connectivity index (χ2v) is 13.6. The number of esters is 1. The minimum Gasteiger partial charge on any atom is -0.449 e. The van der Waals surface area contributed by atoms with E-state index in [2.05, 4.69) is 25.7 Å². The van der Waals surface area contributed by atoms with Gasteiger partial charge in [0, 0.05) is 31.5 Å². The summed E-state index contributed by atoms with van der Waals surface area (Å²) >= 11 is 0. The summed E-state index contributed by atoms with van der Waals surface area (Å²) in [5, 5.41) is 26.9. The first kappa shape index (κ1) is 36.9. The van der Waals surface area contributed by atoms with Gasteiger partial charge in [-0.3, -0.25) is 4.57 Å². The first-order chi connectivity index (χ1) is 27.1. The van der Waals surface area contributed by atoms with Crippen LogP contribution in [0.4, 0.5) is 29.3 Å². The molecule has 0 radical (unpaired) electrons. The Morgan fingerprint density at radius 3 is 2.36 bits per heavy atom. The van der Waals surface area contributed by atoms with Gasteiger partial charge in [-0.1, -0.05) is 72.8 Å². The molecule has 2 N–H and O–H groups in total. The Balaban J connectivity index is 1.18. The van der Waals surface area contributed by atoms with Crippen LogP contribution in [0.2, 0.25) is 0 Å². The van der Waals surface area contributed by atoms with Gasteiger partial charge in [-0.2, -0.15) is 27.9 Å². The van der Waals surface area contributed by atoms with E-state index in [9.17, 15) is 27.5 Å². The number of carbonyl (C=O) groups excluding carboxylic acids is 1. The molecule has 18 heteroatoms. The third kappa shape index (κ3) is 7.36. The molecule has 0 amide bonds. The number of anilines is 2. The van der Waals surface area contributed by atoms with Gasteiger partial charge in [-0.25, -0.2) is 14.2 Å². The van der Waals surface area contributed by atoms with Crippen molar-refractivity contribution in [1.29, 1.82) is 0 Å². The van der Waals surface area contributed by atoms with Gasteiger partial charge in [-0.15, -0.1) is 10.2 Å². The number of aliphatic hydroxyl groups excluding tert-OH is 1. The Morgan fingerprint density at radius 2 is 1.71 bits per heavy atom. The molecule has 0 bridgehead atoms. The summed E-state index contributed by atoms with van der Waals surface area (Å²) in [4.78, 5) is 29.6. The third-order valence-corrected chi connectivity index (χ3v) is 10.1. The van der Waals surface area contributed by atoms with E-state index in [-0.39, 0.29) is 35.7 Å². The van der Waals surface area contributed by atoms with E-state index in [4.69, 9.17) is 19.4 Å². The largest absolute Gasteiger partial charge is 0.490 e. The van der Waals surface area contributed by atoms with Crippen LogP contribution >= 0.6 is 0 Å². The monoisotopic (exact) mass is 772 g/mol. The van der Waals surface area contributed by atoms with Crippen molar-refractivity contribution in [2.24, 2.45) is 0 Å². The minimum absolute atomic E-state index is 0.0608. The maximum absolute atomic E-state index is 13.7. The van der Waals surface area contributed by atoms with E-state index >= 15 is 0 Å². The second kappa shape index (κ2) is 15.3. The molecule has 0 spiro atoms. The van der Waals surface area contributed by atoms with Crippen molar-refractivity contribution >= 4 is 28.9 Å². The van der Waals surface area contributed by atoms with Gasteiger partial charge < -0.3 is 24.8 Å². The highest BCUT2D eigenvalue weighted by atomic mass is 19.4. The van der Waals surface area contributed by atoms with Crippen molar-refractivity contribution in [3.05, 3.63) is 120 Å². The quantitative estimate of drug-likeness (QED) is 0.129. The summed E-state index contributed by atoms with van der Waals surface area (Å²) in [6.07, 6.45) is -9.96. The van der Waals surface area contributed by atoms with Crippen molar-refractivity contribution in [1.82, 2.24) is 39.7 Å². The molecule has 5 atom stereocenters. The molecule has 5 heterocycles. The number of nitrogens with one attached hydrogen (secondary N) is 1. The molecule has 14 nitrogen and oxygen atoms in total. The number of imidazole rings is 1. The van der Waals surface area contributed by atoms with Crippen LogP contribution in [0.1, 0.15) is 60.0 Å². The van der Waals surface area contributed by atoms with Gasteiger partial charge in [0.1, 0.15) is 11.9 Å². The number of hydrogen-bond acceptors (Lipinski definition) is 12. The predicted molar refractivity (Wildman–Crippen MR) is 193 cm³/mol. The SMILES string of the molecule is CCn1nnc([C@H]2O[C@@H](n3cnc4c(NCC(c5ccccc5)c5ccccc5)nc(N5CC[C@H](c6ccc(F)cc6)C5)nc43)[C@H](O)[C@@H]2OC(=O)C(F)(F)F)n1. The Bertz CT molecular complexity index is 2250. The molecule has 8 rings (SSSR count). The molecule has 290 valence electrons. The number of hydrogen-bond donors (Lipinski definition) is 2. The summed E-state index contributed by atoms with van der Waals surface area (Å²) in [6.45, 7) is 3.49. The molecule has 56 heavy (non-hydrogen) atoms. The number of halogens is 4. The molecule has 6 aromatic rings. The lowest BCUT2D eigenvalue weighted by atomic mass is 9.91. The van der Waals surface area contributed by atoms with Crippen LogP contribution in [-0.2, 0) is 20.8 Å². The number of carbonyl (C=O) groups is 1. The second-order valence-electron chi connectivity index (χ2n) is 13.6. The number of aryl methyl sites for hydroxylation is 1. The zero-order valence-corrected chi connectivity index (χ0v) is 29.9. The zero-order valence-electron chi connectivity index (χ0n) is 29.9. The number of tetrazole rings is 1. The maximum atomic E-state index is 13.7. The standard InChI is InChI=1S/C38H36F4N10O4/c1-2-52-48-33(47-49-52)31-30(56-36(54)38(40,41)42)29(53)35(55-31)51-21-44-28-32(43-19-27(23-9-5-3-6-10-23)24-11-7-4-8-12-24)45-37(46-34(28)51)50-18-17-25(20-50)22-13-15-26(39)16-14-22/h3-16,21,25,27,29-31,35,53H,2,17-20H2,1H3,(H,43,45,46)/t25-,29+,30-,31-,35+/m0/s1. The highest BCUT2D eigenvalue weighted by Gasteiger charge is 2.53. The van der Waals surface area contributed by atoms with E-state index in [0.717, 1.165) is 23.1 Å². The van der Waals surface area contributed by atoms with Crippen LogP contribution in [-0.4, -0.2) is 88.8 Å².